The third-order valence-corrected chi connectivity index (χ3v) is 5.99. The lowest BCUT2D eigenvalue weighted by Gasteiger charge is -2.28. The van der Waals surface area contributed by atoms with Crippen molar-refractivity contribution >= 4 is 5.97 Å². The average Bonchev–Trinajstić information content (AvgIpc) is 2.83. The van der Waals surface area contributed by atoms with E-state index in [-0.39, 0.29) is 12.3 Å². The molecule has 1 atom stereocenters. The zero-order valence-electron chi connectivity index (χ0n) is 19.0. The quantitative estimate of drug-likeness (QED) is 0.477. The molecule has 0 amide bonds. The molecule has 1 aliphatic rings. The van der Waals surface area contributed by atoms with Crippen LogP contribution in [0.2, 0.25) is 0 Å². The Morgan fingerprint density at radius 3 is 2.55 bits per heavy atom. The Labute approximate surface area is 195 Å². The topological polar surface area (TPSA) is 49.8 Å². The number of carboxylic acids is 1. The Balaban J connectivity index is 1.34. The van der Waals surface area contributed by atoms with Gasteiger partial charge in [-0.25, -0.2) is 0 Å². The fourth-order valence-electron chi connectivity index (χ4n) is 4.33. The van der Waals surface area contributed by atoms with Crippen molar-refractivity contribution in [3.63, 3.8) is 0 Å². The normalized spacial score (nSPS) is 14.0. The van der Waals surface area contributed by atoms with Crippen molar-refractivity contribution in [1.29, 1.82) is 0 Å². The smallest absolute Gasteiger partial charge is 0.304 e. The first kappa shape index (κ1) is 22.6. The highest BCUT2D eigenvalue weighted by Crippen LogP contribution is 2.24. The third kappa shape index (κ3) is 6.25. The van der Waals surface area contributed by atoms with Gasteiger partial charge in [-0.05, 0) is 53.3 Å². The van der Waals surface area contributed by atoms with Crippen LogP contribution in [0.15, 0.2) is 72.8 Å². The minimum absolute atomic E-state index is 0.00353. The molecule has 0 aliphatic carbocycles. The number of carboxylic acid groups (broad SMARTS) is 1. The Kier molecular flexibility index (Phi) is 7.44. The van der Waals surface area contributed by atoms with Crippen molar-refractivity contribution in [2.75, 3.05) is 6.54 Å². The first-order valence-electron chi connectivity index (χ1n) is 11.3. The summed E-state index contributed by atoms with van der Waals surface area (Å²) in [7, 11) is 0. The summed E-state index contributed by atoms with van der Waals surface area (Å²) in [5.74, 6) is 5.41. The van der Waals surface area contributed by atoms with Crippen LogP contribution in [0, 0.1) is 11.8 Å². The molecule has 0 unspecified atom stereocenters. The van der Waals surface area contributed by atoms with E-state index >= 15 is 0 Å². The molecule has 3 aromatic rings. The molecule has 0 spiro atoms. The molecule has 1 N–H and O–H groups in total. The van der Waals surface area contributed by atoms with Crippen LogP contribution < -0.4 is 4.74 Å². The van der Waals surface area contributed by atoms with E-state index in [0.717, 1.165) is 42.9 Å². The lowest BCUT2D eigenvalue weighted by atomic mass is 9.96. The minimum Gasteiger partial charge on any atom is -0.489 e. The van der Waals surface area contributed by atoms with Crippen LogP contribution in [0.4, 0.5) is 0 Å². The Hall–Kier alpha value is -3.55. The number of hydrogen-bond donors (Lipinski definition) is 1. The van der Waals surface area contributed by atoms with E-state index in [0.29, 0.717) is 6.61 Å². The van der Waals surface area contributed by atoms with Gasteiger partial charge in [0.25, 0.3) is 0 Å². The van der Waals surface area contributed by atoms with Gasteiger partial charge in [0, 0.05) is 19.6 Å². The van der Waals surface area contributed by atoms with Gasteiger partial charge in [-0.2, -0.15) is 0 Å². The summed E-state index contributed by atoms with van der Waals surface area (Å²) in [6.45, 7) is 5.22. The molecule has 0 saturated carbocycles. The first-order valence-corrected chi connectivity index (χ1v) is 11.3. The second-order valence-electron chi connectivity index (χ2n) is 8.45. The Morgan fingerprint density at radius 2 is 1.79 bits per heavy atom. The van der Waals surface area contributed by atoms with Gasteiger partial charge in [-0.3, -0.25) is 9.69 Å². The van der Waals surface area contributed by atoms with Gasteiger partial charge < -0.3 is 9.84 Å². The van der Waals surface area contributed by atoms with Gasteiger partial charge in [0.05, 0.1) is 12.3 Å². The highest BCUT2D eigenvalue weighted by Gasteiger charge is 2.16. The van der Waals surface area contributed by atoms with E-state index in [9.17, 15) is 4.79 Å². The molecule has 3 aromatic carbocycles. The SMILES string of the molecule is CC#C[C@@H](CC(=O)O)c1ccc(OCc2cccc(CN3CCc4ccccc4C3)c2)cc1. The monoisotopic (exact) mass is 439 g/mol. The van der Waals surface area contributed by atoms with Crippen LogP contribution in [-0.2, 0) is 30.9 Å². The van der Waals surface area contributed by atoms with Crippen LogP contribution in [0.3, 0.4) is 0 Å². The number of hydrogen-bond acceptors (Lipinski definition) is 3. The Bertz CT molecular complexity index is 1160. The summed E-state index contributed by atoms with van der Waals surface area (Å²) in [6, 6.07) is 24.9. The van der Waals surface area contributed by atoms with Crippen LogP contribution in [0.5, 0.6) is 5.75 Å². The second kappa shape index (κ2) is 10.8. The molecular weight excluding hydrogens is 410 g/mol. The molecule has 4 nitrogen and oxygen atoms in total. The summed E-state index contributed by atoms with van der Waals surface area (Å²) < 4.78 is 5.99. The first-order chi connectivity index (χ1) is 16.1. The van der Waals surface area contributed by atoms with Crippen LogP contribution in [0.25, 0.3) is 0 Å². The Morgan fingerprint density at radius 1 is 1.03 bits per heavy atom. The van der Waals surface area contributed by atoms with Crippen LogP contribution in [-0.4, -0.2) is 22.5 Å². The second-order valence-corrected chi connectivity index (χ2v) is 8.45. The van der Waals surface area contributed by atoms with Gasteiger partial charge in [-0.15, -0.1) is 5.92 Å². The van der Waals surface area contributed by atoms with Gasteiger partial charge >= 0.3 is 5.97 Å². The predicted molar refractivity (Wildman–Crippen MR) is 130 cm³/mol. The summed E-state index contributed by atoms with van der Waals surface area (Å²) >= 11 is 0. The number of ether oxygens (including phenoxy) is 1. The molecule has 0 bridgehead atoms. The van der Waals surface area contributed by atoms with Crippen molar-refractivity contribution in [2.24, 2.45) is 0 Å². The van der Waals surface area contributed by atoms with E-state index in [2.05, 4.69) is 65.3 Å². The number of rotatable bonds is 8. The van der Waals surface area contributed by atoms with Gasteiger partial charge in [0.15, 0.2) is 0 Å². The highest BCUT2D eigenvalue weighted by atomic mass is 16.5. The van der Waals surface area contributed by atoms with Crippen molar-refractivity contribution in [2.45, 2.75) is 45.4 Å². The lowest BCUT2D eigenvalue weighted by molar-refractivity contribution is -0.137. The molecule has 0 radical (unpaired) electrons. The minimum atomic E-state index is -0.850. The maximum Gasteiger partial charge on any atom is 0.304 e. The summed E-state index contributed by atoms with van der Waals surface area (Å²) in [5, 5.41) is 9.11. The lowest BCUT2D eigenvalue weighted by Crippen LogP contribution is -2.30. The van der Waals surface area contributed by atoms with Crippen molar-refractivity contribution in [1.82, 2.24) is 4.90 Å². The fraction of sp³-hybridized carbons (Fsp3) is 0.276. The highest BCUT2D eigenvalue weighted by molar-refractivity contribution is 5.69. The molecule has 4 rings (SSSR count). The van der Waals surface area contributed by atoms with Crippen molar-refractivity contribution in [3.8, 4) is 17.6 Å². The third-order valence-electron chi connectivity index (χ3n) is 5.99. The molecule has 0 aromatic heterocycles. The molecule has 1 heterocycles. The summed E-state index contributed by atoms with van der Waals surface area (Å²) in [6.07, 6.45) is 1.10. The number of benzene rings is 3. The standard InChI is InChI=1S/C29H29NO3/c1-2-6-26(18-29(31)32)25-11-13-28(14-12-25)33-21-23-8-5-7-22(17-23)19-30-16-15-24-9-3-4-10-27(24)20-30/h3-5,7-14,17,26H,15-16,18-21H2,1H3,(H,31,32)/t26-/m0/s1. The molecule has 168 valence electrons. The number of carbonyl (C=O) groups is 1. The van der Waals surface area contributed by atoms with E-state index in [1.807, 2.05) is 24.3 Å². The van der Waals surface area contributed by atoms with Gasteiger partial charge in [-0.1, -0.05) is 66.6 Å². The number of fused-ring (bicyclic) bond motifs is 1. The molecular formula is C29H29NO3. The van der Waals surface area contributed by atoms with E-state index in [4.69, 9.17) is 9.84 Å². The van der Waals surface area contributed by atoms with E-state index in [1.165, 1.54) is 16.7 Å². The zero-order valence-corrected chi connectivity index (χ0v) is 19.0. The molecule has 1 aliphatic heterocycles. The summed E-state index contributed by atoms with van der Waals surface area (Å²) in [5.41, 5.74) is 6.22. The van der Waals surface area contributed by atoms with Gasteiger partial charge in [0.2, 0.25) is 0 Å². The molecule has 0 saturated heterocycles. The maximum atomic E-state index is 11.1. The van der Waals surface area contributed by atoms with E-state index in [1.54, 1.807) is 6.92 Å². The van der Waals surface area contributed by atoms with Crippen molar-refractivity contribution in [3.05, 3.63) is 101 Å². The molecule has 33 heavy (non-hydrogen) atoms. The largest absolute Gasteiger partial charge is 0.489 e. The van der Waals surface area contributed by atoms with Crippen LogP contribution in [0.1, 0.15) is 47.1 Å². The average molecular weight is 440 g/mol. The maximum absolute atomic E-state index is 11.1. The molecule has 4 heteroatoms. The predicted octanol–water partition coefficient (Wildman–Crippen LogP) is 5.41. The van der Waals surface area contributed by atoms with Crippen molar-refractivity contribution < 1.29 is 14.6 Å². The van der Waals surface area contributed by atoms with Crippen LogP contribution >= 0.6 is 0 Å². The number of aliphatic carboxylic acids is 1. The zero-order chi connectivity index (χ0) is 23.0. The molecule has 0 fully saturated rings. The van der Waals surface area contributed by atoms with E-state index < -0.39 is 5.97 Å². The fourth-order valence-corrected chi connectivity index (χ4v) is 4.33. The number of nitrogens with zero attached hydrogens (tertiary/aromatic N) is 1. The van der Waals surface area contributed by atoms with Gasteiger partial charge in [0.1, 0.15) is 12.4 Å². The summed E-state index contributed by atoms with van der Waals surface area (Å²) in [4.78, 5) is 13.6.